The first-order valence-corrected chi connectivity index (χ1v) is 8.99. The highest BCUT2D eigenvalue weighted by molar-refractivity contribution is 6.32. The van der Waals surface area contributed by atoms with E-state index in [9.17, 15) is 14.7 Å². The average molecular weight is 392 g/mol. The molecule has 2 aromatic rings. The average Bonchev–Trinajstić information content (AvgIpc) is 2.65. The van der Waals surface area contributed by atoms with Crippen LogP contribution in [0.25, 0.3) is 0 Å². The second kappa shape index (κ2) is 9.28. The van der Waals surface area contributed by atoms with Crippen LogP contribution in [0.4, 0.5) is 5.69 Å². The molecule has 144 valence electrons. The standard InChI is InChI=1S/C20H22ClNO5/c1-4-13-6-8-15(9-7-13)22-19(24)12(3)27-20(25)14-10-16(21)18(23)17(11-14)26-5-2/h6-12,23H,4-5H2,1-3H3,(H,22,24)/t12-/m1/s1. The van der Waals surface area contributed by atoms with Crippen LogP contribution >= 0.6 is 11.6 Å². The smallest absolute Gasteiger partial charge is 0.339 e. The molecule has 0 saturated carbocycles. The summed E-state index contributed by atoms with van der Waals surface area (Å²) >= 11 is 5.91. The third-order valence-corrected chi connectivity index (χ3v) is 4.13. The van der Waals surface area contributed by atoms with Gasteiger partial charge in [0.2, 0.25) is 0 Å². The number of ether oxygens (including phenoxy) is 2. The molecule has 6 nitrogen and oxygen atoms in total. The van der Waals surface area contributed by atoms with Crippen LogP contribution in [0.5, 0.6) is 11.5 Å². The number of nitrogens with one attached hydrogen (secondary N) is 1. The number of esters is 1. The Labute approximate surface area is 163 Å². The van der Waals surface area contributed by atoms with Crippen molar-refractivity contribution in [1.29, 1.82) is 0 Å². The number of amides is 1. The number of hydrogen-bond donors (Lipinski definition) is 2. The highest BCUT2D eigenvalue weighted by Gasteiger charge is 2.21. The SMILES string of the molecule is CCOc1cc(C(=O)O[C@H](C)C(=O)Nc2ccc(CC)cc2)cc(Cl)c1O. The lowest BCUT2D eigenvalue weighted by atomic mass is 10.1. The second-order valence-electron chi connectivity index (χ2n) is 5.83. The van der Waals surface area contributed by atoms with Gasteiger partial charge in [0.25, 0.3) is 5.91 Å². The zero-order valence-corrected chi connectivity index (χ0v) is 16.2. The quantitative estimate of drug-likeness (QED) is 0.691. The number of hydrogen-bond acceptors (Lipinski definition) is 5. The van der Waals surface area contributed by atoms with E-state index < -0.39 is 18.0 Å². The zero-order valence-electron chi connectivity index (χ0n) is 15.4. The number of aryl methyl sites for hydroxylation is 1. The molecule has 0 aliphatic carbocycles. The summed E-state index contributed by atoms with van der Waals surface area (Å²) in [5.74, 6) is -1.38. The fraction of sp³-hybridized carbons (Fsp3) is 0.300. The molecule has 0 saturated heterocycles. The van der Waals surface area contributed by atoms with Crippen molar-refractivity contribution in [3.05, 3.63) is 52.5 Å². The zero-order chi connectivity index (χ0) is 20.0. The van der Waals surface area contributed by atoms with E-state index in [1.54, 1.807) is 19.1 Å². The highest BCUT2D eigenvalue weighted by atomic mass is 35.5. The van der Waals surface area contributed by atoms with Crippen LogP contribution in [0.1, 0.15) is 36.7 Å². The molecule has 1 amide bonds. The molecule has 0 aromatic heterocycles. The van der Waals surface area contributed by atoms with Gasteiger partial charge in [0.1, 0.15) is 0 Å². The van der Waals surface area contributed by atoms with Gasteiger partial charge in [-0.05, 0) is 50.1 Å². The summed E-state index contributed by atoms with van der Waals surface area (Å²) in [5, 5.41) is 12.5. The van der Waals surface area contributed by atoms with Crippen molar-refractivity contribution in [2.45, 2.75) is 33.3 Å². The predicted molar refractivity (Wildman–Crippen MR) is 104 cm³/mol. The van der Waals surface area contributed by atoms with Crippen LogP contribution in [0.2, 0.25) is 5.02 Å². The maximum Gasteiger partial charge on any atom is 0.339 e. The van der Waals surface area contributed by atoms with Crippen LogP contribution in [-0.4, -0.2) is 29.7 Å². The number of aromatic hydroxyl groups is 1. The molecule has 27 heavy (non-hydrogen) atoms. The van der Waals surface area contributed by atoms with Crippen molar-refractivity contribution in [2.75, 3.05) is 11.9 Å². The molecule has 1 atom stereocenters. The van der Waals surface area contributed by atoms with Gasteiger partial charge < -0.3 is 19.9 Å². The Morgan fingerprint density at radius 2 is 1.85 bits per heavy atom. The maximum atomic E-state index is 12.3. The van der Waals surface area contributed by atoms with Gasteiger partial charge in [-0.3, -0.25) is 4.79 Å². The molecule has 7 heteroatoms. The van der Waals surface area contributed by atoms with Crippen molar-refractivity contribution in [3.63, 3.8) is 0 Å². The molecule has 0 spiro atoms. The lowest BCUT2D eigenvalue weighted by Gasteiger charge is -2.15. The molecule has 0 aliphatic heterocycles. The van der Waals surface area contributed by atoms with Crippen LogP contribution in [-0.2, 0) is 16.0 Å². The van der Waals surface area contributed by atoms with Crippen LogP contribution in [0, 0.1) is 0 Å². The molecule has 0 aliphatic rings. The van der Waals surface area contributed by atoms with Gasteiger partial charge in [0, 0.05) is 5.69 Å². The maximum absolute atomic E-state index is 12.3. The fourth-order valence-corrected chi connectivity index (χ4v) is 2.52. The van der Waals surface area contributed by atoms with Crippen LogP contribution in [0.3, 0.4) is 0 Å². The molecule has 0 unspecified atom stereocenters. The Hall–Kier alpha value is -2.73. The molecule has 2 aromatic carbocycles. The Kier molecular flexibility index (Phi) is 7.07. The molecule has 0 fully saturated rings. The number of carbonyl (C=O) groups excluding carboxylic acids is 2. The van der Waals surface area contributed by atoms with E-state index in [1.165, 1.54) is 19.1 Å². The van der Waals surface area contributed by atoms with Crippen molar-refractivity contribution in [3.8, 4) is 11.5 Å². The lowest BCUT2D eigenvalue weighted by Crippen LogP contribution is -2.30. The first-order valence-electron chi connectivity index (χ1n) is 8.61. The van der Waals surface area contributed by atoms with Crippen LogP contribution in [0.15, 0.2) is 36.4 Å². The number of phenols is 1. The Bertz CT molecular complexity index is 820. The third-order valence-electron chi connectivity index (χ3n) is 3.85. The Morgan fingerprint density at radius 1 is 1.19 bits per heavy atom. The molecule has 0 heterocycles. The number of anilines is 1. The largest absolute Gasteiger partial charge is 0.503 e. The molecule has 2 N–H and O–H groups in total. The van der Waals surface area contributed by atoms with E-state index in [0.717, 1.165) is 12.0 Å². The minimum Gasteiger partial charge on any atom is -0.503 e. The van der Waals surface area contributed by atoms with Crippen molar-refractivity contribution in [1.82, 2.24) is 0 Å². The van der Waals surface area contributed by atoms with E-state index in [-0.39, 0.29) is 28.7 Å². The van der Waals surface area contributed by atoms with Crippen molar-refractivity contribution < 1.29 is 24.2 Å². The monoisotopic (exact) mass is 391 g/mol. The Balaban J connectivity index is 2.04. The number of carbonyl (C=O) groups is 2. The van der Waals surface area contributed by atoms with Gasteiger partial charge in [-0.15, -0.1) is 0 Å². The topological polar surface area (TPSA) is 84.9 Å². The van der Waals surface area contributed by atoms with Crippen LogP contribution < -0.4 is 10.1 Å². The first-order chi connectivity index (χ1) is 12.8. The highest BCUT2D eigenvalue weighted by Crippen LogP contribution is 2.35. The minimum absolute atomic E-state index is 0.0407. The summed E-state index contributed by atoms with van der Waals surface area (Å²) < 4.78 is 10.4. The van der Waals surface area contributed by atoms with E-state index >= 15 is 0 Å². The van der Waals surface area contributed by atoms with E-state index in [2.05, 4.69) is 5.32 Å². The molecule has 2 rings (SSSR count). The van der Waals surface area contributed by atoms with Gasteiger partial charge >= 0.3 is 5.97 Å². The fourth-order valence-electron chi connectivity index (χ4n) is 2.31. The summed E-state index contributed by atoms with van der Waals surface area (Å²) in [7, 11) is 0. The first kappa shape index (κ1) is 20.6. The second-order valence-corrected chi connectivity index (χ2v) is 6.23. The summed E-state index contributed by atoms with van der Waals surface area (Å²) in [5.41, 5.74) is 1.85. The van der Waals surface area contributed by atoms with E-state index in [1.807, 2.05) is 19.1 Å². The van der Waals surface area contributed by atoms with Gasteiger partial charge in [0.15, 0.2) is 17.6 Å². The van der Waals surface area contributed by atoms with Crippen molar-refractivity contribution in [2.24, 2.45) is 0 Å². The molecular formula is C20H22ClNO5. The van der Waals surface area contributed by atoms with Gasteiger partial charge in [0.05, 0.1) is 17.2 Å². The number of rotatable bonds is 7. The summed E-state index contributed by atoms with van der Waals surface area (Å²) in [6, 6.07) is 10.00. The van der Waals surface area contributed by atoms with Gasteiger partial charge in [-0.25, -0.2) is 4.79 Å². The summed E-state index contributed by atoms with van der Waals surface area (Å²) in [6.07, 6.45) is -0.118. The van der Waals surface area contributed by atoms with Gasteiger partial charge in [-0.2, -0.15) is 0 Å². The predicted octanol–water partition coefficient (Wildman–Crippen LogP) is 4.19. The molecule has 0 radical (unpaired) electrons. The number of halogens is 1. The number of phenolic OH excluding ortho intramolecular Hbond substituents is 1. The summed E-state index contributed by atoms with van der Waals surface area (Å²) in [6.45, 7) is 5.54. The van der Waals surface area contributed by atoms with Gasteiger partial charge in [-0.1, -0.05) is 30.7 Å². The molecular weight excluding hydrogens is 370 g/mol. The molecule has 0 bridgehead atoms. The number of benzene rings is 2. The van der Waals surface area contributed by atoms with E-state index in [4.69, 9.17) is 21.1 Å². The normalized spacial score (nSPS) is 11.6. The third kappa shape index (κ3) is 5.37. The minimum atomic E-state index is -1.02. The van der Waals surface area contributed by atoms with Crippen molar-refractivity contribution >= 4 is 29.2 Å². The lowest BCUT2D eigenvalue weighted by molar-refractivity contribution is -0.123. The summed E-state index contributed by atoms with van der Waals surface area (Å²) in [4.78, 5) is 24.6. The Morgan fingerprint density at radius 3 is 2.44 bits per heavy atom. The van der Waals surface area contributed by atoms with E-state index in [0.29, 0.717) is 5.69 Å².